The van der Waals surface area contributed by atoms with Crippen LogP contribution in [0.5, 0.6) is 11.5 Å². The number of Topliss-reactive ketones (excluding diaryl/α,β-unsaturated/α-hetero) is 1. The largest absolute Gasteiger partial charge is 0.507 e. The molecular weight excluding hydrogens is 468 g/mol. The first-order chi connectivity index (χ1) is 17.8. The van der Waals surface area contributed by atoms with Crippen LogP contribution in [0, 0.1) is 11.3 Å². The Hall–Kier alpha value is -4.57. The van der Waals surface area contributed by atoms with Crippen molar-refractivity contribution in [1.82, 2.24) is 0 Å². The van der Waals surface area contributed by atoms with E-state index >= 15 is 0 Å². The number of rotatable bonds is 8. The molecule has 4 rings (SSSR count). The number of hydrogen-bond donors (Lipinski definition) is 1. The van der Waals surface area contributed by atoms with Crippen molar-refractivity contribution in [2.24, 2.45) is 0 Å². The number of ether oxygens (including phenoxy) is 2. The molecule has 7 heteroatoms. The Kier molecular flexibility index (Phi) is 7.59. The predicted molar refractivity (Wildman–Crippen MR) is 140 cm³/mol. The summed E-state index contributed by atoms with van der Waals surface area (Å²) in [5.41, 5.74) is 1.83. The molecule has 37 heavy (non-hydrogen) atoms. The van der Waals surface area contributed by atoms with Gasteiger partial charge >= 0.3 is 0 Å². The van der Waals surface area contributed by atoms with E-state index in [0.717, 1.165) is 6.42 Å². The minimum Gasteiger partial charge on any atom is -0.507 e. The maximum atomic E-state index is 13.4. The number of benzene rings is 3. The number of aliphatic hydroxyl groups is 1. The smallest absolute Gasteiger partial charge is 0.300 e. The Morgan fingerprint density at radius 3 is 2.35 bits per heavy atom. The van der Waals surface area contributed by atoms with Crippen LogP contribution >= 0.6 is 0 Å². The van der Waals surface area contributed by atoms with Crippen molar-refractivity contribution in [3.63, 3.8) is 0 Å². The average molecular weight is 497 g/mol. The molecule has 1 fully saturated rings. The monoisotopic (exact) mass is 496 g/mol. The zero-order chi connectivity index (χ0) is 26.5. The summed E-state index contributed by atoms with van der Waals surface area (Å²) in [6.45, 7) is 6.37. The molecule has 1 unspecified atom stereocenters. The molecule has 1 aliphatic rings. The highest BCUT2D eigenvalue weighted by Gasteiger charge is 2.47. The molecule has 1 atom stereocenters. The van der Waals surface area contributed by atoms with Gasteiger partial charge in [-0.15, -0.1) is 0 Å². The first-order valence-electron chi connectivity index (χ1n) is 12.1. The molecule has 0 spiro atoms. The van der Waals surface area contributed by atoms with E-state index in [1.165, 1.54) is 4.90 Å². The first kappa shape index (κ1) is 25.5. The number of amides is 1. The van der Waals surface area contributed by atoms with E-state index in [4.69, 9.17) is 9.47 Å². The Morgan fingerprint density at radius 2 is 1.73 bits per heavy atom. The molecule has 1 amide bonds. The van der Waals surface area contributed by atoms with E-state index in [0.29, 0.717) is 40.5 Å². The van der Waals surface area contributed by atoms with Crippen LogP contribution in [0.1, 0.15) is 49.9 Å². The van der Waals surface area contributed by atoms with Crippen molar-refractivity contribution >= 4 is 23.1 Å². The van der Waals surface area contributed by atoms with E-state index in [-0.39, 0.29) is 17.4 Å². The normalized spacial score (nSPS) is 16.6. The molecule has 188 valence electrons. The Bertz CT molecular complexity index is 1370. The SMILES string of the molecule is CCCOc1ccc(C2/C(=C(/O)c3cccc(OC(C)C)c3)C(=O)C(=O)N2c2ccc(C#N)cc2)cc1. The van der Waals surface area contributed by atoms with Crippen molar-refractivity contribution < 1.29 is 24.2 Å². The fraction of sp³-hybridized carbons (Fsp3) is 0.233. The molecule has 0 saturated carbocycles. The number of carbonyl (C=O) groups is 2. The summed E-state index contributed by atoms with van der Waals surface area (Å²) in [5.74, 6) is -0.653. The Balaban J connectivity index is 1.85. The van der Waals surface area contributed by atoms with Gasteiger partial charge in [-0.3, -0.25) is 14.5 Å². The van der Waals surface area contributed by atoms with Gasteiger partial charge in [-0.1, -0.05) is 31.2 Å². The lowest BCUT2D eigenvalue weighted by Gasteiger charge is -2.25. The third-order valence-corrected chi connectivity index (χ3v) is 5.87. The van der Waals surface area contributed by atoms with Crippen LogP contribution in [0.15, 0.2) is 78.4 Å². The predicted octanol–water partition coefficient (Wildman–Crippen LogP) is 5.76. The van der Waals surface area contributed by atoms with Crippen LogP contribution in [0.4, 0.5) is 5.69 Å². The number of nitriles is 1. The second kappa shape index (κ2) is 11.0. The van der Waals surface area contributed by atoms with Gasteiger partial charge in [-0.2, -0.15) is 5.26 Å². The molecule has 3 aromatic rings. The van der Waals surface area contributed by atoms with Crippen LogP contribution in [0.25, 0.3) is 5.76 Å². The molecule has 0 aromatic heterocycles. The van der Waals surface area contributed by atoms with Gasteiger partial charge in [0.2, 0.25) is 0 Å². The summed E-state index contributed by atoms with van der Waals surface area (Å²) in [4.78, 5) is 28.0. The maximum Gasteiger partial charge on any atom is 0.300 e. The standard InChI is InChI=1S/C30H28N2O5/c1-4-16-36-24-14-10-21(11-15-24)27-26(28(33)22-6-5-7-25(17-22)37-19(2)3)29(34)30(35)32(27)23-12-8-20(18-31)9-13-23/h5-15,17,19,27,33H,4,16H2,1-3H3/b28-26-. The average Bonchev–Trinajstić information content (AvgIpc) is 3.17. The third-order valence-electron chi connectivity index (χ3n) is 5.87. The minimum atomic E-state index is -0.886. The fourth-order valence-electron chi connectivity index (χ4n) is 4.22. The number of hydrogen-bond acceptors (Lipinski definition) is 6. The topological polar surface area (TPSA) is 99.9 Å². The molecule has 7 nitrogen and oxygen atoms in total. The highest BCUT2D eigenvalue weighted by molar-refractivity contribution is 6.51. The van der Waals surface area contributed by atoms with Crippen molar-refractivity contribution in [3.05, 3.63) is 95.1 Å². The van der Waals surface area contributed by atoms with Gasteiger partial charge in [0.1, 0.15) is 17.3 Å². The number of nitrogens with zero attached hydrogens (tertiary/aromatic N) is 2. The molecule has 1 saturated heterocycles. The molecule has 1 aliphatic heterocycles. The lowest BCUT2D eigenvalue weighted by Crippen LogP contribution is -2.29. The Labute approximate surface area is 216 Å². The lowest BCUT2D eigenvalue weighted by atomic mass is 9.95. The zero-order valence-corrected chi connectivity index (χ0v) is 21.0. The zero-order valence-electron chi connectivity index (χ0n) is 21.0. The summed E-state index contributed by atoms with van der Waals surface area (Å²) in [7, 11) is 0. The van der Waals surface area contributed by atoms with E-state index in [1.807, 2.05) is 20.8 Å². The summed E-state index contributed by atoms with van der Waals surface area (Å²) in [6, 6.07) is 21.5. The summed E-state index contributed by atoms with van der Waals surface area (Å²) in [6.07, 6.45) is 0.785. The van der Waals surface area contributed by atoms with E-state index in [1.54, 1.807) is 72.8 Å². The van der Waals surface area contributed by atoms with Gasteiger partial charge in [0.15, 0.2) is 0 Å². The second-order valence-corrected chi connectivity index (χ2v) is 8.94. The molecule has 0 aliphatic carbocycles. The third kappa shape index (κ3) is 5.34. The van der Waals surface area contributed by atoms with Crippen LogP contribution < -0.4 is 14.4 Å². The quantitative estimate of drug-likeness (QED) is 0.242. The van der Waals surface area contributed by atoms with Crippen LogP contribution in [-0.4, -0.2) is 29.5 Å². The first-order valence-corrected chi connectivity index (χ1v) is 12.1. The molecule has 1 N–H and O–H groups in total. The van der Waals surface area contributed by atoms with Crippen LogP contribution in [0.3, 0.4) is 0 Å². The van der Waals surface area contributed by atoms with E-state index in [9.17, 15) is 20.0 Å². The molecule has 3 aromatic carbocycles. The molecule has 1 heterocycles. The number of anilines is 1. The van der Waals surface area contributed by atoms with Gasteiger partial charge in [-0.25, -0.2) is 0 Å². The fourth-order valence-corrected chi connectivity index (χ4v) is 4.22. The van der Waals surface area contributed by atoms with Crippen LogP contribution in [0.2, 0.25) is 0 Å². The summed E-state index contributed by atoms with van der Waals surface area (Å²) < 4.78 is 11.4. The van der Waals surface area contributed by atoms with Crippen LogP contribution in [-0.2, 0) is 9.59 Å². The van der Waals surface area contributed by atoms with Gasteiger partial charge < -0.3 is 14.6 Å². The minimum absolute atomic E-state index is 0.0294. The number of carbonyl (C=O) groups excluding carboxylic acids is 2. The summed E-state index contributed by atoms with van der Waals surface area (Å²) in [5, 5.41) is 20.5. The van der Waals surface area contributed by atoms with Crippen molar-refractivity contribution in [3.8, 4) is 17.6 Å². The maximum absolute atomic E-state index is 13.4. The Morgan fingerprint density at radius 1 is 1.03 bits per heavy atom. The highest BCUT2D eigenvalue weighted by Crippen LogP contribution is 2.42. The van der Waals surface area contributed by atoms with Gasteiger partial charge in [0.25, 0.3) is 11.7 Å². The number of aliphatic hydroxyl groups excluding tert-OH is 1. The summed E-state index contributed by atoms with van der Waals surface area (Å²) >= 11 is 0. The lowest BCUT2D eigenvalue weighted by molar-refractivity contribution is -0.132. The van der Waals surface area contributed by atoms with Crippen molar-refractivity contribution in [2.75, 3.05) is 11.5 Å². The van der Waals surface area contributed by atoms with Crippen molar-refractivity contribution in [1.29, 1.82) is 5.26 Å². The van der Waals surface area contributed by atoms with Gasteiger partial charge in [0, 0.05) is 11.3 Å². The van der Waals surface area contributed by atoms with E-state index in [2.05, 4.69) is 6.07 Å². The highest BCUT2D eigenvalue weighted by atomic mass is 16.5. The van der Waals surface area contributed by atoms with Gasteiger partial charge in [-0.05, 0) is 74.4 Å². The second-order valence-electron chi connectivity index (χ2n) is 8.94. The number of ketones is 1. The molecule has 0 bridgehead atoms. The van der Waals surface area contributed by atoms with Gasteiger partial charge in [0.05, 0.1) is 36.0 Å². The molecule has 0 radical (unpaired) electrons. The molecular formula is C30H28N2O5. The van der Waals surface area contributed by atoms with E-state index < -0.39 is 17.7 Å². The van der Waals surface area contributed by atoms with Crippen molar-refractivity contribution in [2.45, 2.75) is 39.3 Å².